The number of rotatable bonds is 18. The van der Waals surface area contributed by atoms with E-state index in [9.17, 15) is 24.3 Å². The van der Waals surface area contributed by atoms with Crippen LogP contribution in [0.25, 0.3) is 0 Å². The van der Waals surface area contributed by atoms with E-state index in [-0.39, 0.29) is 44.1 Å². The Morgan fingerprint density at radius 3 is 2.05 bits per heavy atom. The molecule has 0 saturated heterocycles. The van der Waals surface area contributed by atoms with Gasteiger partial charge < -0.3 is 38.3 Å². The summed E-state index contributed by atoms with van der Waals surface area (Å²) in [5.74, 6) is -4.51. The van der Waals surface area contributed by atoms with Crippen molar-refractivity contribution in [3.05, 3.63) is 71.3 Å². The van der Waals surface area contributed by atoms with E-state index in [1.807, 2.05) is 37.3 Å². The molecule has 0 saturated carbocycles. The average molecular weight is 595 g/mol. The summed E-state index contributed by atoms with van der Waals surface area (Å²) in [5.41, 5.74) is 18.2. The molecular weight excluding hydrogens is 552 g/mol. The lowest BCUT2D eigenvalue weighted by atomic mass is 9.95. The number of carboxylic acid groups (broad SMARTS) is 1. The van der Waals surface area contributed by atoms with Crippen LogP contribution in [-0.2, 0) is 32.1 Å². The Balaban J connectivity index is 2.22. The van der Waals surface area contributed by atoms with Gasteiger partial charge in [0.15, 0.2) is 5.96 Å². The number of hydrogen-bond donors (Lipinski definition) is 8. The van der Waals surface area contributed by atoms with Crippen LogP contribution in [0.15, 0.2) is 59.6 Å². The number of carbonyl (C=O) groups is 4. The summed E-state index contributed by atoms with van der Waals surface area (Å²) in [4.78, 5) is 55.8. The van der Waals surface area contributed by atoms with Gasteiger partial charge in [-0.1, -0.05) is 74.4 Å². The lowest BCUT2D eigenvalue weighted by molar-refractivity contribution is -0.142. The number of carboxylic acids is 1. The molecule has 3 amide bonds. The first-order chi connectivity index (χ1) is 20.5. The van der Waals surface area contributed by atoms with Crippen LogP contribution in [0, 0.1) is 11.3 Å². The van der Waals surface area contributed by atoms with Gasteiger partial charge in [0, 0.05) is 18.7 Å². The predicted octanol–water partition coefficient (Wildman–Crippen LogP) is 0.744. The Labute approximate surface area is 251 Å². The third-order valence-electron chi connectivity index (χ3n) is 6.69. The Kier molecular flexibility index (Phi) is 14.2. The number of amidine groups is 1. The number of unbranched alkanes of at least 4 members (excludes halogenated alkanes) is 1. The molecule has 0 fully saturated rings. The van der Waals surface area contributed by atoms with Crippen molar-refractivity contribution >= 4 is 35.5 Å². The Morgan fingerprint density at radius 1 is 0.837 bits per heavy atom. The molecule has 2 rings (SSSR count). The SMILES string of the molecule is CCCC[C@H](NC(=O)[C@@H](Cc1ccc(C(=N)N)cc1)C(=O)NCc1ccccc1)C(=O)NC(CCCN=C(N)N)C(=O)O. The van der Waals surface area contributed by atoms with Crippen molar-refractivity contribution in [2.45, 2.75) is 64.1 Å². The molecule has 0 aromatic heterocycles. The lowest BCUT2D eigenvalue weighted by Crippen LogP contribution is -2.54. The normalized spacial score (nSPS) is 12.7. The molecule has 13 heteroatoms. The van der Waals surface area contributed by atoms with E-state index in [2.05, 4.69) is 20.9 Å². The number of amides is 3. The van der Waals surface area contributed by atoms with Crippen molar-refractivity contribution < 1.29 is 24.3 Å². The zero-order valence-corrected chi connectivity index (χ0v) is 24.3. The van der Waals surface area contributed by atoms with Gasteiger partial charge in [-0.3, -0.25) is 24.8 Å². The van der Waals surface area contributed by atoms with Crippen LogP contribution < -0.4 is 33.2 Å². The van der Waals surface area contributed by atoms with Gasteiger partial charge in [0.05, 0.1) is 0 Å². The Hall–Kier alpha value is -4.94. The summed E-state index contributed by atoms with van der Waals surface area (Å²) >= 11 is 0. The van der Waals surface area contributed by atoms with Gasteiger partial charge in [0.25, 0.3) is 0 Å². The van der Waals surface area contributed by atoms with E-state index in [0.29, 0.717) is 24.0 Å². The summed E-state index contributed by atoms with van der Waals surface area (Å²) in [6.07, 6.45) is 1.97. The van der Waals surface area contributed by atoms with Crippen LogP contribution in [0.2, 0.25) is 0 Å². The highest BCUT2D eigenvalue weighted by Crippen LogP contribution is 2.14. The van der Waals surface area contributed by atoms with Crippen molar-refractivity contribution in [2.75, 3.05) is 6.54 Å². The molecule has 232 valence electrons. The molecule has 2 aromatic carbocycles. The molecular formula is C30H42N8O5. The summed E-state index contributed by atoms with van der Waals surface area (Å²) < 4.78 is 0. The number of guanidine groups is 1. The largest absolute Gasteiger partial charge is 0.480 e. The summed E-state index contributed by atoms with van der Waals surface area (Å²) in [5, 5.41) is 25.2. The minimum atomic E-state index is -1.23. The van der Waals surface area contributed by atoms with Crippen molar-refractivity contribution in [3.63, 3.8) is 0 Å². The number of carbonyl (C=O) groups excluding carboxylic acids is 3. The van der Waals surface area contributed by atoms with Gasteiger partial charge in [-0.15, -0.1) is 0 Å². The Morgan fingerprint density at radius 2 is 1.47 bits per heavy atom. The van der Waals surface area contributed by atoms with Crippen LogP contribution in [0.5, 0.6) is 0 Å². The molecule has 0 heterocycles. The van der Waals surface area contributed by atoms with Gasteiger partial charge >= 0.3 is 5.97 Å². The van der Waals surface area contributed by atoms with E-state index >= 15 is 0 Å². The summed E-state index contributed by atoms with van der Waals surface area (Å²) in [6, 6.07) is 13.6. The van der Waals surface area contributed by atoms with E-state index < -0.39 is 41.7 Å². The molecule has 43 heavy (non-hydrogen) atoms. The highest BCUT2D eigenvalue weighted by molar-refractivity contribution is 6.02. The lowest BCUT2D eigenvalue weighted by Gasteiger charge is -2.24. The third-order valence-corrected chi connectivity index (χ3v) is 6.69. The maximum Gasteiger partial charge on any atom is 0.326 e. The number of nitrogens with zero attached hydrogens (tertiary/aromatic N) is 1. The maximum atomic E-state index is 13.6. The predicted molar refractivity (Wildman–Crippen MR) is 164 cm³/mol. The van der Waals surface area contributed by atoms with Crippen LogP contribution in [0.4, 0.5) is 0 Å². The van der Waals surface area contributed by atoms with Crippen molar-refractivity contribution in [2.24, 2.45) is 28.1 Å². The zero-order chi connectivity index (χ0) is 31.8. The first-order valence-corrected chi connectivity index (χ1v) is 14.2. The minimum absolute atomic E-state index is 0.0231. The van der Waals surface area contributed by atoms with Crippen LogP contribution in [0.3, 0.4) is 0 Å². The Bertz CT molecular complexity index is 1260. The van der Waals surface area contributed by atoms with Crippen LogP contribution in [0.1, 0.15) is 55.7 Å². The highest BCUT2D eigenvalue weighted by Gasteiger charge is 2.32. The number of hydrogen-bond acceptors (Lipinski definition) is 6. The van der Waals surface area contributed by atoms with Crippen molar-refractivity contribution in [1.29, 1.82) is 5.41 Å². The molecule has 0 spiro atoms. The standard InChI is InChI=1S/C30H42N8O5/c1-2-3-10-23(28(41)38-24(29(42)43)11-7-16-35-30(33)34)37-27(40)22(17-19-12-14-21(15-13-19)25(31)32)26(39)36-18-20-8-5-4-6-9-20/h4-6,8-9,12-15,22-24H,2-3,7,10-11,16-18H2,1H3,(H3,31,32)(H,36,39)(H,37,40)(H,38,41)(H,42,43)(H4,33,34,35)/t22-,23-,24?/m0/s1. The van der Waals surface area contributed by atoms with Gasteiger partial charge in [0.1, 0.15) is 23.8 Å². The maximum absolute atomic E-state index is 13.6. The molecule has 0 bridgehead atoms. The van der Waals surface area contributed by atoms with Crippen LogP contribution >= 0.6 is 0 Å². The number of nitrogens with one attached hydrogen (secondary N) is 4. The topological polar surface area (TPSA) is 239 Å². The molecule has 2 aromatic rings. The quantitative estimate of drug-likeness (QED) is 0.0529. The van der Waals surface area contributed by atoms with Gasteiger partial charge in [-0.05, 0) is 36.8 Å². The molecule has 0 aliphatic carbocycles. The van der Waals surface area contributed by atoms with Crippen LogP contribution in [-0.4, -0.2) is 59.2 Å². The fourth-order valence-electron chi connectivity index (χ4n) is 4.25. The second-order valence-corrected chi connectivity index (χ2v) is 10.1. The first kappa shape index (κ1) is 34.3. The van der Waals surface area contributed by atoms with Gasteiger partial charge in [0.2, 0.25) is 17.7 Å². The molecule has 13 nitrogen and oxygen atoms in total. The molecule has 0 aliphatic heterocycles. The highest BCUT2D eigenvalue weighted by atomic mass is 16.4. The molecule has 1 unspecified atom stereocenters. The number of aliphatic imine (C=N–C) groups is 1. The van der Waals surface area contributed by atoms with Crippen molar-refractivity contribution in [1.82, 2.24) is 16.0 Å². The first-order valence-electron chi connectivity index (χ1n) is 14.2. The number of nitrogen functional groups attached to an aromatic ring is 1. The second kappa shape index (κ2) is 17.8. The zero-order valence-electron chi connectivity index (χ0n) is 24.3. The summed E-state index contributed by atoms with van der Waals surface area (Å²) in [6.45, 7) is 2.32. The molecule has 0 radical (unpaired) electrons. The second-order valence-electron chi connectivity index (χ2n) is 10.1. The number of aliphatic carboxylic acids is 1. The number of benzene rings is 2. The smallest absolute Gasteiger partial charge is 0.326 e. The van der Waals surface area contributed by atoms with E-state index in [4.69, 9.17) is 22.6 Å². The van der Waals surface area contributed by atoms with Gasteiger partial charge in [-0.2, -0.15) is 0 Å². The fourth-order valence-corrected chi connectivity index (χ4v) is 4.25. The van der Waals surface area contributed by atoms with Gasteiger partial charge in [-0.25, -0.2) is 4.79 Å². The summed E-state index contributed by atoms with van der Waals surface area (Å²) in [7, 11) is 0. The molecule has 11 N–H and O–H groups in total. The minimum Gasteiger partial charge on any atom is -0.480 e. The third kappa shape index (κ3) is 12.2. The van der Waals surface area contributed by atoms with Crippen molar-refractivity contribution in [3.8, 4) is 0 Å². The monoisotopic (exact) mass is 594 g/mol. The average Bonchev–Trinajstić information content (AvgIpc) is 2.98. The molecule has 0 aliphatic rings. The number of nitrogens with two attached hydrogens (primary N) is 3. The molecule has 3 atom stereocenters. The van der Waals surface area contributed by atoms with E-state index in [1.54, 1.807) is 24.3 Å². The van der Waals surface area contributed by atoms with E-state index in [0.717, 1.165) is 12.0 Å². The fraction of sp³-hybridized carbons (Fsp3) is 0.400. The van der Waals surface area contributed by atoms with E-state index in [1.165, 1.54) is 0 Å².